The third kappa shape index (κ3) is 3.51. The van der Waals surface area contributed by atoms with Gasteiger partial charge in [0.05, 0.1) is 18.4 Å². The molecule has 2 aromatic rings. The predicted molar refractivity (Wildman–Crippen MR) is 77.0 cm³/mol. The van der Waals surface area contributed by atoms with Gasteiger partial charge in [0.25, 0.3) is 5.91 Å². The number of carbonyl (C=O) groups excluding carboxylic acids is 1. The number of amides is 1. The minimum Gasteiger partial charge on any atom is -0.493 e. The summed E-state index contributed by atoms with van der Waals surface area (Å²) in [7, 11) is 1.77. The van der Waals surface area contributed by atoms with Crippen LogP contribution in [0.25, 0.3) is 0 Å². The molecule has 0 radical (unpaired) electrons. The lowest BCUT2D eigenvalue weighted by Crippen LogP contribution is -2.22. The van der Waals surface area contributed by atoms with E-state index in [-0.39, 0.29) is 5.91 Å². The quantitative estimate of drug-likeness (QED) is 0.921. The molecule has 6 heteroatoms. The summed E-state index contributed by atoms with van der Waals surface area (Å²) in [6.45, 7) is 2.82. The third-order valence-corrected chi connectivity index (χ3v) is 2.97. The van der Waals surface area contributed by atoms with Crippen LogP contribution < -0.4 is 10.1 Å². The van der Waals surface area contributed by atoms with Gasteiger partial charge >= 0.3 is 0 Å². The number of halogens is 1. The lowest BCUT2D eigenvalue weighted by Gasteiger charge is -2.11. The Labute approximate surface area is 122 Å². The van der Waals surface area contributed by atoms with Crippen molar-refractivity contribution in [3.63, 3.8) is 0 Å². The first-order valence-electron chi connectivity index (χ1n) is 6.28. The van der Waals surface area contributed by atoms with Crippen LogP contribution in [0.4, 0.5) is 0 Å². The molecule has 0 aliphatic carbocycles. The second-order valence-corrected chi connectivity index (χ2v) is 4.71. The van der Waals surface area contributed by atoms with Crippen molar-refractivity contribution in [2.75, 3.05) is 6.61 Å². The fourth-order valence-electron chi connectivity index (χ4n) is 1.78. The van der Waals surface area contributed by atoms with E-state index >= 15 is 0 Å². The molecule has 0 aliphatic rings. The fourth-order valence-corrected chi connectivity index (χ4v) is 1.94. The molecule has 1 aromatic heterocycles. The van der Waals surface area contributed by atoms with Gasteiger partial charge in [-0.1, -0.05) is 17.7 Å². The fraction of sp³-hybridized carbons (Fsp3) is 0.286. The lowest BCUT2D eigenvalue weighted by atomic mass is 10.2. The second-order valence-electron chi connectivity index (χ2n) is 4.27. The zero-order valence-electron chi connectivity index (χ0n) is 11.4. The number of ether oxygens (including phenoxy) is 1. The van der Waals surface area contributed by atoms with Crippen LogP contribution in [0.3, 0.4) is 0 Å². The predicted octanol–water partition coefficient (Wildman–Crippen LogP) is 2.40. The number of aryl methyl sites for hydroxylation is 1. The molecule has 0 atom stereocenters. The van der Waals surface area contributed by atoms with E-state index in [9.17, 15) is 4.79 Å². The highest BCUT2D eigenvalue weighted by Crippen LogP contribution is 2.23. The number of aromatic nitrogens is 2. The summed E-state index contributed by atoms with van der Waals surface area (Å²) >= 11 is 5.94. The molecule has 106 valence electrons. The first-order chi connectivity index (χ1) is 9.60. The van der Waals surface area contributed by atoms with Crippen LogP contribution in [0.15, 0.2) is 30.6 Å². The molecule has 2 rings (SSSR count). The highest BCUT2D eigenvalue weighted by Gasteiger charge is 2.10. The van der Waals surface area contributed by atoms with Crippen LogP contribution in [0.1, 0.15) is 22.8 Å². The summed E-state index contributed by atoms with van der Waals surface area (Å²) in [4.78, 5) is 11.9. The van der Waals surface area contributed by atoms with E-state index in [0.717, 1.165) is 5.56 Å². The molecule has 0 bridgehead atoms. The number of nitrogens with one attached hydrogen (secondary N) is 1. The maximum atomic E-state index is 11.9. The summed E-state index contributed by atoms with van der Waals surface area (Å²) < 4.78 is 7.09. The Kier molecular flexibility index (Phi) is 4.63. The second kappa shape index (κ2) is 6.43. The zero-order valence-corrected chi connectivity index (χ0v) is 12.1. The number of nitrogens with zero attached hydrogens (tertiary/aromatic N) is 2. The highest BCUT2D eigenvalue weighted by atomic mass is 35.5. The Morgan fingerprint density at radius 2 is 2.30 bits per heavy atom. The third-order valence-electron chi connectivity index (χ3n) is 2.74. The molecule has 1 N–H and O–H groups in total. The van der Waals surface area contributed by atoms with Gasteiger partial charge in [-0.05, 0) is 19.1 Å². The maximum absolute atomic E-state index is 11.9. The molecule has 0 aliphatic heterocycles. The van der Waals surface area contributed by atoms with Crippen molar-refractivity contribution in [3.05, 3.63) is 46.7 Å². The van der Waals surface area contributed by atoms with E-state index in [4.69, 9.17) is 16.3 Å². The Hall–Kier alpha value is -2.01. The zero-order chi connectivity index (χ0) is 14.5. The maximum Gasteiger partial charge on any atom is 0.254 e. The topological polar surface area (TPSA) is 56.1 Å². The molecule has 0 saturated heterocycles. The van der Waals surface area contributed by atoms with Crippen LogP contribution in [0.5, 0.6) is 5.75 Å². The molecule has 0 unspecified atom stereocenters. The molecule has 1 heterocycles. The van der Waals surface area contributed by atoms with Crippen molar-refractivity contribution in [2.24, 2.45) is 7.05 Å². The number of carbonyl (C=O) groups is 1. The average Bonchev–Trinajstić information content (AvgIpc) is 2.85. The monoisotopic (exact) mass is 293 g/mol. The van der Waals surface area contributed by atoms with Crippen molar-refractivity contribution in [3.8, 4) is 5.75 Å². The standard InChI is InChI=1S/C14H16ClN3O2/c1-3-20-13-6-12(15)5-4-10(13)7-16-14(19)11-8-17-18(2)9-11/h4-6,8-9H,3,7H2,1-2H3,(H,16,19). The van der Waals surface area contributed by atoms with Gasteiger partial charge in [-0.25, -0.2) is 0 Å². The van der Waals surface area contributed by atoms with E-state index in [1.165, 1.54) is 6.20 Å². The first-order valence-corrected chi connectivity index (χ1v) is 6.66. The minimum atomic E-state index is -0.171. The summed E-state index contributed by atoms with van der Waals surface area (Å²) in [5.74, 6) is 0.516. The first kappa shape index (κ1) is 14.4. The summed E-state index contributed by atoms with van der Waals surface area (Å²) in [5.41, 5.74) is 1.41. The smallest absolute Gasteiger partial charge is 0.254 e. The van der Waals surface area contributed by atoms with Gasteiger partial charge < -0.3 is 10.1 Å². The summed E-state index contributed by atoms with van der Waals surface area (Å²) in [5, 5.41) is 7.40. The normalized spacial score (nSPS) is 10.3. The largest absolute Gasteiger partial charge is 0.493 e. The molecule has 20 heavy (non-hydrogen) atoms. The van der Waals surface area contributed by atoms with Crippen molar-refractivity contribution in [2.45, 2.75) is 13.5 Å². The Morgan fingerprint density at radius 3 is 2.95 bits per heavy atom. The van der Waals surface area contributed by atoms with Crippen LogP contribution in [0.2, 0.25) is 5.02 Å². The van der Waals surface area contributed by atoms with E-state index in [0.29, 0.717) is 29.5 Å². The molecule has 0 fully saturated rings. The van der Waals surface area contributed by atoms with E-state index in [1.54, 1.807) is 30.1 Å². The van der Waals surface area contributed by atoms with Crippen molar-refractivity contribution in [1.29, 1.82) is 0 Å². The molecule has 0 spiro atoms. The van der Waals surface area contributed by atoms with Gasteiger partial charge in [-0.15, -0.1) is 0 Å². The average molecular weight is 294 g/mol. The van der Waals surface area contributed by atoms with Crippen molar-refractivity contribution >= 4 is 17.5 Å². The van der Waals surface area contributed by atoms with Crippen LogP contribution in [0, 0.1) is 0 Å². The highest BCUT2D eigenvalue weighted by molar-refractivity contribution is 6.30. The molecular weight excluding hydrogens is 278 g/mol. The van der Waals surface area contributed by atoms with Gasteiger partial charge in [0.1, 0.15) is 5.75 Å². The van der Waals surface area contributed by atoms with Gasteiger partial charge in [0, 0.05) is 30.4 Å². The summed E-state index contributed by atoms with van der Waals surface area (Å²) in [6.07, 6.45) is 3.20. The number of benzene rings is 1. The molecule has 1 amide bonds. The van der Waals surface area contributed by atoms with Gasteiger partial charge in [0.15, 0.2) is 0 Å². The van der Waals surface area contributed by atoms with Gasteiger partial charge in [-0.2, -0.15) is 5.10 Å². The van der Waals surface area contributed by atoms with Gasteiger partial charge in [-0.3, -0.25) is 9.48 Å². The molecular formula is C14H16ClN3O2. The molecule has 1 aromatic carbocycles. The molecule has 5 nitrogen and oxygen atoms in total. The Balaban J connectivity index is 2.05. The minimum absolute atomic E-state index is 0.171. The van der Waals surface area contributed by atoms with Crippen molar-refractivity contribution < 1.29 is 9.53 Å². The van der Waals surface area contributed by atoms with Crippen LogP contribution in [-0.2, 0) is 13.6 Å². The van der Waals surface area contributed by atoms with Gasteiger partial charge in [0.2, 0.25) is 0 Å². The van der Waals surface area contributed by atoms with E-state index in [2.05, 4.69) is 10.4 Å². The number of hydrogen-bond donors (Lipinski definition) is 1. The lowest BCUT2D eigenvalue weighted by molar-refractivity contribution is 0.0950. The molecule has 0 saturated carbocycles. The van der Waals surface area contributed by atoms with Crippen LogP contribution >= 0.6 is 11.6 Å². The number of hydrogen-bond acceptors (Lipinski definition) is 3. The van der Waals surface area contributed by atoms with E-state index < -0.39 is 0 Å². The SMILES string of the molecule is CCOc1cc(Cl)ccc1CNC(=O)c1cnn(C)c1. The van der Waals surface area contributed by atoms with Crippen molar-refractivity contribution in [1.82, 2.24) is 15.1 Å². The van der Waals surface area contributed by atoms with Crippen LogP contribution in [-0.4, -0.2) is 22.3 Å². The number of rotatable bonds is 5. The summed E-state index contributed by atoms with van der Waals surface area (Å²) in [6, 6.07) is 5.36. The Morgan fingerprint density at radius 1 is 1.50 bits per heavy atom. The Bertz CT molecular complexity index is 610. The van der Waals surface area contributed by atoms with E-state index in [1.807, 2.05) is 13.0 Å².